The molecular formula is C19H17N3OS3. The first-order valence-electron chi connectivity index (χ1n) is 8.65. The van der Waals surface area contributed by atoms with E-state index < -0.39 is 0 Å². The van der Waals surface area contributed by atoms with Gasteiger partial charge in [-0.3, -0.25) is 9.36 Å². The van der Waals surface area contributed by atoms with Crippen LogP contribution in [-0.4, -0.2) is 14.5 Å². The summed E-state index contributed by atoms with van der Waals surface area (Å²) in [5.41, 5.74) is 3.38. The van der Waals surface area contributed by atoms with Crippen LogP contribution in [-0.2, 0) is 19.4 Å². The van der Waals surface area contributed by atoms with Crippen molar-refractivity contribution in [2.45, 2.75) is 32.7 Å². The van der Waals surface area contributed by atoms with Gasteiger partial charge in [0.1, 0.15) is 9.84 Å². The van der Waals surface area contributed by atoms with Gasteiger partial charge < -0.3 is 0 Å². The molecule has 26 heavy (non-hydrogen) atoms. The third-order valence-corrected chi connectivity index (χ3v) is 7.72. The predicted molar refractivity (Wildman–Crippen MR) is 110 cm³/mol. The minimum atomic E-state index is 0.0761. The fourth-order valence-electron chi connectivity index (χ4n) is 3.55. The molecule has 0 radical (unpaired) electrons. The van der Waals surface area contributed by atoms with Gasteiger partial charge in [-0.15, -0.1) is 22.7 Å². The molecule has 0 bridgehead atoms. The SMILES string of the molecule is CC1CCc2c(sc3ncn(Cc4csc(-c5ccsc5)n4)c(=O)c23)C1. The van der Waals surface area contributed by atoms with Gasteiger partial charge in [0.05, 0.1) is 24.0 Å². The number of aryl methyl sites for hydroxylation is 1. The molecular weight excluding hydrogens is 382 g/mol. The molecule has 1 unspecified atom stereocenters. The molecule has 0 aromatic carbocycles. The maximum atomic E-state index is 13.1. The Bertz CT molecular complexity index is 1140. The number of hydrogen-bond donors (Lipinski definition) is 0. The molecule has 4 aromatic heterocycles. The first kappa shape index (κ1) is 16.4. The smallest absolute Gasteiger partial charge is 0.262 e. The second kappa shape index (κ2) is 6.40. The van der Waals surface area contributed by atoms with E-state index >= 15 is 0 Å². The zero-order valence-corrected chi connectivity index (χ0v) is 16.7. The standard InChI is InChI=1S/C19H17N3OS3/c1-11-2-3-14-15(6-11)26-18-16(14)19(23)22(10-20-18)7-13-9-25-17(21-13)12-4-5-24-8-12/h4-5,8-11H,2-3,6-7H2,1H3. The number of rotatable bonds is 3. The van der Waals surface area contributed by atoms with Gasteiger partial charge in [-0.05, 0) is 42.2 Å². The Morgan fingerprint density at radius 1 is 1.35 bits per heavy atom. The van der Waals surface area contributed by atoms with Crippen molar-refractivity contribution in [2.24, 2.45) is 5.92 Å². The molecule has 1 atom stereocenters. The zero-order chi connectivity index (χ0) is 17.7. The van der Waals surface area contributed by atoms with Crippen molar-refractivity contribution in [3.8, 4) is 10.6 Å². The van der Waals surface area contributed by atoms with Gasteiger partial charge in [-0.25, -0.2) is 9.97 Å². The van der Waals surface area contributed by atoms with Gasteiger partial charge in [-0.2, -0.15) is 11.3 Å². The van der Waals surface area contributed by atoms with Crippen LogP contribution in [0.25, 0.3) is 20.8 Å². The van der Waals surface area contributed by atoms with E-state index in [2.05, 4.69) is 28.7 Å². The largest absolute Gasteiger partial charge is 0.293 e. The molecule has 0 spiro atoms. The summed E-state index contributed by atoms with van der Waals surface area (Å²) >= 11 is 4.99. The Balaban J connectivity index is 1.52. The second-order valence-electron chi connectivity index (χ2n) is 6.87. The second-order valence-corrected chi connectivity index (χ2v) is 9.59. The summed E-state index contributed by atoms with van der Waals surface area (Å²) in [6, 6.07) is 2.08. The summed E-state index contributed by atoms with van der Waals surface area (Å²) in [6.07, 6.45) is 4.91. The number of hydrogen-bond acceptors (Lipinski definition) is 6. The van der Waals surface area contributed by atoms with Crippen molar-refractivity contribution >= 4 is 44.2 Å². The van der Waals surface area contributed by atoms with Gasteiger partial charge >= 0.3 is 0 Å². The summed E-state index contributed by atoms with van der Waals surface area (Å²) in [5.74, 6) is 0.698. The number of thiophene rings is 2. The monoisotopic (exact) mass is 399 g/mol. The lowest BCUT2D eigenvalue weighted by Crippen LogP contribution is -2.22. The van der Waals surface area contributed by atoms with Crippen LogP contribution in [0, 0.1) is 5.92 Å². The van der Waals surface area contributed by atoms with Crippen molar-refractivity contribution < 1.29 is 0 Å². The topological polar surface area (TPSA) is 47.8 Å². The van der Waals surface area contributed by atoms with E-state index in [1.165, 1.54) is 10.4 Å². The first-order chi connectivity index (χ1) is 12.7. The fraction of sp³-hybridized carbons (Fsp3) is 0.316. The molecule has 0 saturated carbocycles. The lowest BCUT2D eigenvalue weighted by molar-refractivity contribution is 0.509. The molecule has 0 N–H and O–H groups in total. The normalized spacial score (nSPS) is 16.9. The molecule has 1 aliphatic carbocycles. The van der Waals surface area contributed by atoms with E-state index in [0.717, 1.165) is 45.7 Å². The van der Waals surface area contributed by atoms with E-state index in [1.807, 2.05) is 5.38 Å². The van der Waals surface area contributed by atoms with Crippen LogP contribution in [0.3, 0.4) is 0 Å². The molecule has 0 amide bonds. The highest BCUT2D eigenvalue weighted by Gasteiger charge is 2.23. The highest BCUT2D eigenvalue weighted by molar-refractivity contribution is 7.18. The first-order valence-corrected chi connectivity index (χ1v) is 11.3. The maximum Gasteiger partial charge on any atom is 0.262 e. The summed E-state index contributed by atoms with van der Waals surface area (Å²) < 4.78 is 1.71. The predicted octanol–water partition coefficient (Wildman–Crippen LogP) is 4.82. The molecule has 7 heteroatoms. The van der Waals surface area contributed by atoms with E-state index in [1.54, 1.807) is 44.9 Å². The van der Waals surface area contributed by atoms with Crippen LogP contribution in [0.1, 0.15) is 29.5 Å². The van der Waals surface area contributed by atoms with E-state index in [-0.39, 0.29) is 5.56 Å². The quantitative estimate of drug-likeness (QED) is 0.496. The fourth-order valence-corrected chi connectivity index (χ4v) is 6.42. The maximum absolute atomic E-state index is 13.1. The molecule has 4 heterocycles. The average molecular weight is 400 g/mol. The molecule has 5 rings (SSSR count). The van der Waals surface area contributed by atoms with Crippen LogP contribution in [0.15, 0.2) is 33.3 Å². The highest BCUT2D eigenvalue weighted by atomic mass is 32.1. The van der Waals surface area contributed by atoms with Gasteiger partial charge in [0, 0.05) is 21.2 Å². The minimum absolute atomic E-state index is 0.0761. The third kappa shape index (κ3) is 2.74. The summed E-state index contributed by atoms with van der Waals surface area (Å²) in [6.45, 7) is 2.76. The van der Waals surface area contributed by atoms with Crippen LogP contribution in [0.5, 0.6) is 0 Å². The third-order valence-electron chi connectivity index (χ3n) is 4.93. The number of thiazole rings is 1. The molecule has 4 aromatic rings. The van der Waals surface area contributed by atoms with Crippen molar-refractivity contribution in [1.29, 1.82) is 0 Å². The Labute approximate surface area is 162 Å². The Morgan fingerprint density at radius 2 is 2.27 bits per heavy atom. The lowest BCUT2D eigenvalue weighted by Gasteiger charge is -2.17. The average Bonchev–Trinajstić information content (AvgIpc) is 3.35. The zero-order valence-electron chi connectivity index (χ0n) is 14.3. The van der Waals surface area contributed by atoms with Crippen molar-refractivity contribution in [1.82, 2.24) is 14.5 Å². The molecule has 0 saturated heterocycles. The Morgan fingerprint density at radius 3 is 3.12 bits per heavy atom. The van der Waals surface area contributed by atoms with Crippen molar-refractivity contribution in [3.05, 3.63) is 55.0 Å². The van der Waals surface area contributed by atoms with Crippen molar-refractivity contribution in [3.63, 3.8) is 0 Å². The molecule has 0 aliphatic heterocycles. The van der Waals surface area contributed by atoms with E-state index in [9.17, 15) is 4.79 Å². The van der Waals surface area contributed by atoms with Gasteiger partial charge in [0.25, 0.3) is 5.56 Å². The summed E-state index contributed by atoms with van der Waals surface area (Å²) in [4.78, 5) is 24.6. The lowest BCUT2D eigenvalue weighted by atomic mass is 9.89. The number of nitrogens with zero attached hydrogens (tertiary/aromatic N) is 3. The van der Waals surface area contributed by atoms with E-state index in [0.29, 0.717) is 12.5 Å². The molecule has 132 valence electrons. The van der Waals surface area contributed by atoms with Crippen LogP contribution < -0.4 is 5.56 Å². The summed E-state index contributed by atoms with van der Waals surface area (Å²) in [5, 5.41) is 8.03. The number of fused-ring (bicyclic) bond motifs is 3. The van der Waals surface area contributed by atoms with E-state index in [4.69, 9.17) is 4.98 Å². The van der Waals surface area contributed by atoms with Gasteiger partial charge in [-0.1, -0.05) is 6.92 Å². The minimum Gasteiger partial charge on any atom is -0.293 e. The van der Waals surface area contributed by atoms with Crippen LogP contribution >= 0.6 is 34.0 Å². The van der Waals surface area contributed by atoms with Crippen molar-refractivity contribution in [2.75, 3.05) is 0 Å². The molecule has 4 nitrogen and oxygen atoms in total. The van der Waals surface area contributed by atoms with Gasteiger partial charge in [0.15, 0.2) is 0 Å². The Hall–Kier alpha value is -1.83. The van der Waals surface area contributed by atoms with Crippen LogP contribution in [0.4, 0.5) is 0 Å². The molecule has 0 fully saturated rings. The summed E-state index contributed by atoms with van der Waals surface area (Å²) in [7, 11) is 0. The highest BCUT2D eigenvalue weighted by Crippen LogP contribution is 2.35. The molecule has 1 aliphatic rings. The Kier molecular flexibility index (Phi) is 4.03. The van der Waals surface area contributed by atoms with Crippen LogP contribution in [0.2, 0.25) is 0 Å². The number of aromatic nitrogens is 3. The van der Waals surface area contributed by atoms with Gasteiger partial charge in [0.2, 0.25) is 0 Å².